The zero-order valence-corrected chi connectivity index (χ0v) is 20.1. The smallest absolute Gasteiger partial charge is 0.338 e. The average molecular weight is 498 g/mol. The highest BCUT2D eigenvalue weighted by Gasteiger charge is 2.45. The summed E-state index contributed by atoms with van der Waals surface area (Å²) in [6.07, 6.45) is 0. The molecule has 2 heterocycles. The monoisotopic (exact) mass is 497 g/mol. The van der Waals surface area contributed by atoms with Crippen LogP contribution >= 0.6 is 0 Å². The number of aliphatic hydroxyl groups is 1. The summed E-state index contributed by atoms with van der Waals surface area (Å²) in [5.41, 5.74) is 1.63. The van der Waals surface area contributed by atoms with E-state index in [2.05, 4.69) is 0 Å². The minimum atomic E-state index is -0.975. The first-order chi connectivity index (χ1) is 17.9. The van der Waals surface area contributed by atoms with Gasteiger partial charge in [0.25, 0.3) is 5.91 Å². The Hall–Kier alpha value is -4.85. The van der Waals surface area contributed by atoms with Gasteiger partial charge in [0.15, 0.2) is 11.5 Å². The molecule has 186 valence electrons. The molecule has 3 aromatic carbocycles. The molecular formula is C29H23NO7. The number of benzene rings is 3. The summed E-state index contributed by atoms with van der Waals surface area (Å²) in [7, 11) is 1.51. The number of rotatable bonds is 7. The third kappa shape index (κ3) is 4.23. The Bertz CT molecular complexity index is 1520. The first kappa shape index (κ1) is 23.9. The van der Waals surface area contributed by atoms with Crippen molar-refractivity contribution < 1.29 is 33.4 Å². The number of hydrogen-bond acceptors (Lipinski definition) is 7. The van der Waals surface area contributed by atoms with Gasteiger partial charge in [-0.05, 0) is 61.0 Å². The molecule has 0 radical (unpaired) electrons. The normalized spacial score (nSPS) is 15.4. The summed E-state index contributed by atoms with van der Waals surface area (Å²) in [6, 6.07) is 20.9. The van der Waals surface area contributed by atoms with Crippen LogP contribution in [0.5, 0.6) is 5.75 Å². The van der Waals surface area contributed by atoms with Gasteiger partial charge in [-0.3, -0.25) is 14.5 Å². The van der Waals surface area contributed by atoms with Crippen molar-refractivity contribution in [2.75, 3.05) is 18.6 Å². The molecule has 0 saturated heterocycles. The summed E-state index contributed by atoms with van der Waals surface area (Å²) < 4.78 is 16.2. The van der Waals surface area contributed by atoms with E-state index in [1.165, 1.54) is 24.1 Å². The summed E-state index contributed by atoms with van der Waals surface area (Å²) >= 11 is 0. The zero-order chi connectivity index (χ0) is 26.1. The molecule has 8 nitrogen and oxygen atoms in total. The first-order valence-corrected chi connectivity index (χ1v) is 11.6. The summed E-state index contributed by atoms with van der Waals surface area (Å²) in [6.45, 7) is 1.94. The fraction of sp³-hybridized carbons (Fsp3) is 0.138. The van der Waals surface area contributed by atoms with Crippen molar-refractivity contribution in [1.29, 1.82) is 0 Å². The van der Waals surface area contributed by atoms with E-state index in [1.54, 1.807) is 67.6 Å². The van der Waals surface area contributed by atoms with Crippen LogP contribution in [0, 0.1) is 0 Å². The fourth-order valence-electron chi connectivity index (χ4n) is 4.43. The predicted molar refractivity (Wildman–Crippen MR) is 136 cm³/mol. The van der Waals surface area contributed by atoms with Gasteiger partial charge in [0, 0.05) is 11.1 Å². The number of ketones is 1. The molecule has 0 fully saturated rings. The molecule has 0 spiro atoms. The van der Waals surface area contributed by atoms with E-state index in [-0.39, 0.29) is 17.9 Å². The summed E-state index contributed by atoms with van der Waals surface area (Å²) in [5, 5.41) is 11.7. The number of aliphatic hydroxyl groups excluding tert-OH is 1. The maximum absolute atomic E-state index is 13.7. The largest absolute Gasteiger partial charge is 0.503 e. The third-order valence-corrected chi connectivity index (χ3v) is 6.17. The van der Waals surface area contributed by atoms with Crippen LogP contribution in [0.2, 0.25) is 0 Å². The number of furan rings is 1. The van der Waals surface area contributed by atoms with Crippen molar-refractivity contribution in [2.45, 2.75) is 13.0 Å². The van der Waals surface area contributed by atoms with Gasteiger partial charge in [-0.2, -0.15) is 0 Å². The Labute approximate surface area is 212 Å². The lowest BCUT2D eigenvalue weighted by Crippen LogP contribution is -2.31. The van der Waals surface area contributed by atoms with Crippen LogP contribution < -0.4 is 9.64 Å². The van der Waals surface area contributed by atoms with Gasteiger partial charge < -0.3 is 19.0 Å². The maximum Gasteiger partial charge on any atom is 0.338 e. The number of ether oxygens (including phenoxy) is 2. The first-order valence-electron chi connectivity index (χ1n) is 11.6. The van der Waals surface area contributed by atoms with Crippen LogP contribution in [-0.4, -0.2) is 36.5 Å². The molecule has 1 atom stereocenters. The number of Topliss-reactive ketones (excluding diaryl/α,β-unsaturated/α-hetero) is 1. The number of esters is 1. The van der Waals surface area contributed by atoms with Crippen molar-refractivity contribution >= 4 is 34.3 Å². The van der Waals surface area contributed by atoms with E-state index in [0.29, 0.717) is 28.1 Å². The number of methoxy groups -OCH3 is 1. The number of hydrogen-bond donors (Lipinski definition) is 1. The molecule has 1 unspecified atom stereocenters. The lowest BCUT2D eigenvalue weighted by Gasteiger charge is -2.27. The second kappa shape index (κ2) is 9.66. The number of carbonyl (C=O) groups is 3. The van der Waals surface area contributed by atoms with Crippen LogP contribution in [0.4, 0.5) is 5.69 Å². The topological polar surface area (TPSA) is 106 Å². The van der Waals surface area contributed by atoms with E-state index < -0.39 is 29.5 Å². The zero-order valence-electron chi connectivity index (χ0n) is 20.1. The van der Waals surface area contributed by atoms with E-state index in [4.69, 9.17) is 13.9 Å². The molecule has 0 bridgehead atoms. The van der Waals surface area contributed by atoms with Gasteiger partial charge in [-0.1, -0.05) is 30.3 Å². The van der Waals surface area contributed by atoms with E-state index in [0.717, 1.165) is 5.39 Å². The van der Waals surface area contributed by atoms with Gasteiger partial charge in [0.1, 0.15) is 11.3 Å². The van der Waals surface area contributed by atoms with Gasteiger partial charge in [-0.25, -0.2) is 4.79 Å². The summed E-state index contributed by atoms with van der Waals surface area (Å²) in [5.74, 6) is -2.01. The molecule has 37 heavy (non-hydrogen) atoms. The molecular weight excluding hydrogens is 474 g/mol. The molecule has 0 aliphatic carbocycles. The number of anilines is 1. The second-order valence-corrected chi connectivity index (χ2v) is 8.36. The molecule has 1 aliphatic rings. The molecule has 1 amide bonds. The highest BCUT2D eigenvalue weighted by atomic mass is 16.5. The fourth-order valence-corrected chi connectivity index (χ4v) is 4.43. The molecule has 1 N–H and O–H groups in total. The van der Waals surface area contributed by atoms with Crippen LogP contribution in [0.15, 0.2) is 94.6 Å². The van der Waals surface area contributed by atoms with Gasteiger partial charge in [-0.15, -0.1) is 0 Å². The maximum atomic E-state index is 13.7. The van der Waals surface area contributed by atoms with E-state index in [9.17, 15) is 19.5 Å². The van der Waals surface area contributed by atoms with Gasteiger partial charge >= 0.3 is 5.97 Å². The third-order valence-electron chi connectivity index (χ3n) is 6.17. The molecule has 4 aromatic rings. The molecule has 5 rings (SSSR count). The van der Waals surface area contributed by atoms with Gasteiger partial charge in [0.2, 0.25) is 5.78 Å². The van der Waals surface area contributed by atoms with Crippen molar-refractivity contribution in [1.82, 2.24) is 0 Å². The molecule has 1 aliphatic heterocycles. The SMILES string of the molecule is CCOC(=O)c1ccc(N2C(=O)C(O)=C(C(=O)c3cc4ccccc4o3)C2c2cccc(OC)c2)cc1. The second-order valence-electron chi connectivity index (χ2n) is 8.36. The average Bonchev–Trinajstić information content (AvgIpc) is 3.47. The van der Waals surface area contributed by atoms with Crippen LogP contribution in [0.3, 0.4) is 0 Å². The van der Waals surface area contributed by atoms with Crippen LogP contribution in [0.1, 0.15) is 39.4 Å². The number of para-hydroxylation sites is 1. The van der Waals surface area contributed by atoms with E-state index >= 15 is 0 Å². The van der Waals surface area contributed by atoms with Crippen molar-refractivity contribution in [3.05, 3.63) is 107 Å². The van der Waals surface area contributed by atoms with E-state index in [1.807, 2.05) is 6.07 Å². The Morgan fingerprint density at radius 1 is 1.00 bits per heavy atom. The highest BCUT2D eigenvalue weighted by molar-refractivity contribution is 6.20. The highest BCUT2D eigenvalue weighted by Crippen LogP contribution is 2.43. The number of fused-ring (bicyclic) bond motifs is 1. The quantitative estimate of drug-likeness (QED) is 0.269. The molecule has 1 aromatic heterocycles. The number of amides is 1. The minimum absolute atomic E-state index is 0.00274. The van der Waals surface area contributed by atoms with Crippen molar-refractivity contribution in [3.63, 3.8) is 0 Å². The Morgan fingerprint density at radius 2 is 1.76 bits per heavy atom. The standard InChI is InChI=1S/C29H23NO7/c1-3-36-29(34)17-11-13-20(14-12-17)30-25(19-8-6-9-21(15-19)35-2)24(27(32)28(30)33)26(31)23-16-18-7-4-5-10-22(18)37-23/h4-16,25,32H,3H2,1-2H3. The lowest BCUT2D eigenvalue weighted by atomic mass is 9.94. The summed E-state index contributed by atoms with van der Waals surface area (Å²) in [4.78, 5) is 40.5. The Morgan fingerprint density at radius 3 is 2.46 bits per heavy atom. The molecule has 0 saturated carbocycles. The Balaban J connectivity index is 1.61. The van der Waals surface area contributed by atoms with Crippen LogP contribution in [0.25, 0.3) is 11.0 Å². The van der Waals surface area contributed by atoms with Gasteiger partial charge in [0.05, 0.1) is 30.9 Å². The lowest BCUT2D eigenvalue weighted by molar-refractivity contribution is -0.117. The van der Waals surface area contributed by atoms with Crippen LogP contribution in [-0.2, 0) is 9.53 Å². The number of carbonyl (C=O) groups excluding carboxylic acids is 3. The van der Waals surface area contributed by atoms with Crippen molar-refractivity contribution in [3.8, 4) is 5.75 Å². The number of nitrogens with zero attached hydrogens (tertiary/aromatic N) is 1. The Kier molecular flexibility index (Phi) is 6.23. The minimum Gasteiger partial charge on any atom is -0.503 e. The van der Waals surface area contributed by atoms with Crippen molar-refractivity contribution in [2.24, 2.45) is 0 Å². The predicted octanol–water partition coefficient (Wildman–Crippen LogP) is 5.40. The molecule has 8 heteroatoms.